The van der Waals surface area contributed by atoms with E-state index in [-0.39, 0.29) is 17.9 Å². The number of ether oxygens (including phenoxy) is 1. The van der Waals surface area contributed by atoms with Gasteiger partial charge in [-0.2, -0.15) is 0 Å². The quantitative estimate of drug-likeness (QED) is 0.848. The van der Waals surface area contributed by atoms with Crippen LogP contribution in [0.2, 0.25) is 0 Å². The molecule has 2 rings (SSSR count). The second kappa shape index (κ2) is 4.93. The molecule has 1 saturated heterocycles. The first-order valence-corrected chi connectivity index (χ1v) is 5.99. The molecule has 2 heterocycles. The van der Waals surface area contributed by atoms with Gasteiger partial charge in [-0.05, 0) is 41.4 Å². The summed E-state index contributed by atoms with van der Waals surface area (Å²) in [7, 11) is 0. The first-order chi connectivity index (χ1) is 7.66. The molecule has 0 bridgehead atoms. The molecular weight excluding hydrogens is 272 g/mol. The lowest BCUT2D eigenvalue weighted by Crippen LogP contribution is -2.23. The highest BCUT2D eigenvalue weighted by atomic mass is 79.9. The van der Waals surface area contributed by atoms with E-state index in [2.05, 4.69) is 26.2 Å². The number of nitrogens with one attached hydrogen (secondary N) is 1. The number of aromatic nitrogens is 1. The van der Waals surface area contributed by atoms with E-state index >= 15 is 0 Å². The maximum absolute atomic E-state index is 11.9. The minimum Gasteiger partial charge on any atom is -0.378 e. The van der Waals surface area contributed by atoms with E-state index in [1.807, 2.05) is 13.0 Å². The van der Waals surface area contributed by atoms with E-state index in [1.54, 1.807) is 12.3 Å². The van der Waals surface area contributed by atoms with Gasteiger partial charge in [0.2, 0.25) is 5.91 Å². The van der Waals surface area contributed by atoms with Crippen LogP contribution in [0.4, 0.5) is 5.69 Å². The van der Waals surface area contributed by atoms with E-state index in [1.165, 1.54) is 0 Å². The topological polar surface area (TPSA) is 51.2 Å². The van der Waals surface area contributed by atoms with Crippen LogP contribution in [-0.2, 0) is 9.53 Å². The molecule has 1 aliphatic rings. The minimum atomic E-state index is -0.0536. The Bertz CT molecular complexity index is 397. The third kappa shape index (κ3) is 2.59. The molecule has 1 aliphatic heterocycles. The first kappa shape index (κ1) is 11.5. The molecule has 0 aliphatic carbocycles. The summed E-state index contributed by atoms with van der Waals surface area (Å²) in [5.74, 6) is -0.0554. The van der Waals surface area contributed by atoms with Gasteiger partial charge in [-0.3, -0.25) is 4.79 Å². The van der Waals surface area contributed by atoms with Gasteiger partial charge < -0.3 is 10.1 Å². The zero-order chi connectivity index (χ0) is 11.5. The van der Waals surface area contributed by atoms with Gasteiger partial charge in [-0.15, -0.1) is 0 Å². The van der Waals surface area contributed by atoms with Crippen LogP contribution in [0.3, 0.4) is 0 Å². The Balaban J connectivity index is 2.00. The molecule has 86 valence electrons. The van der Waals surface area contributed by atoms with Gasteiger partial charge in [-0.1, -0.05) is 0 Å². The van der Waals surface area contributed by atoms with Crippen LogP contribution < -0.4 is 5.32 Å². The van der Waals surface area contributed by atoms with E-state index in [4.69, 9.17) is 4.74 Å². The summed E-state index contributed by atoms with van der Waals surface area (Å²) in [6.45, 7) is 2.48. The standard InChI is InChI=1S/C11H13BrN2O2/c1-7-5-8(6-16-7)11(15)14-9-3-2-4-13-10(9)12/h2-4,7-8H,5-6H2,1H3,(H,14,15). The molecule has 1 aromatic heterocycles. The molecule has 1 fully saturated rings. The number of halogens is 1. The third-order valence-corrected chi connectivity index (χ3v) is 3.22. The molecule has 5 heteroatoms. The monoisotopic (exact) mass is 284 g/mol. The molecule has 0 saturated carbocycles. The zero-order valence-electron chi connectivity index (χ0n) is 8.94. The second-order valence-corrected chi connectivity index (χ2v) is 4.66. The van der Waals surface area contributed by atoms with E-state index in [0.29, 0.717) is 16.9 Å². The minimum absolute atomic E-state index is 0.00181. The van der Waals surface area contributed by atoms with Gasteiger partial charge in [0.1, 0.15) is 4.60 Å². The van der Waals surface area contributed by atoms with Crippen LogP contribution >= 0.6 is 15.9 Å². The Morgan fingerprint density at radius 3 is 3.12 bits per heavy atom. The van der Waals surface area contributed by atoms with Crippen LogP contribution in [0.15, 0.2) is 22.9 Å². The van der Waals surface area contributed by atoms with Crippen molar-refractivity contribution in [3.8, 4) is 0 Å². The average Bonchev–Trinajstić information content (AvgIpc) is 2.68. The lowest BCUT2D eigenvalue weighted by Gasteiger charge is -2.10. The lowest BCUT2D eigenvalue weighted by molar-refractivity contribution is -0.119. The number of hydrogen-bond acceptors (Lipinski definition) is 3. The Kier molecular flexibility index (Phi) is 3.56. The molecule has 2 unspecified atom stereocenters. The highest BCUT2D eigenvalue weighted by Crippen LogP contribution is 2.23. The summed E-state index contributed by atoms with van der Waals surface area (Å²) in [6.07, 6.45) is 2.62. The molecule has 16 heavy (non-hydrogen) atoms. The second-order valence-electron chi connectivity index (χ2n) is 3.91. The molecule has 0 radical (unpaired) electrons. The smallest absolute Gasteiger partial charge is 0.229 e. The molecule has 0 aromatic carbocycles. The van der Waals surface area contributed by atoms with Gasteiger partial charge in [0.05, 0.1) is 24.3 Å². The molecular formula is C11H13BrN2O2. The fraction of sp³-hybridized carbons (Fsp3) is 0.455. The van der Waals surface area contributed by atoms with Crippen LogP contribution in [0, 0.1) is 5.92 Å². The Labute approximate surface area is 103 Å². The van der Waals surface area contributed by atoms with Gasteiger partial charge in [0.25, 0.3) is 0 Å². The summed E-state index contributed by atoms with van der Waals surface area (Å²) in [5, 5.41) is 2.84. The van der Waals surface area contributed by atoms with Crippen LogP contribution in [0.1, 0.15) is 13.3 Å². The van der Waals surface area contributed by atoms with Crippen LogP contribution in [-0.4, -0.2) is 23.6 Å². The number of rotatable bonds is 2. The number of carbonyl (C=O) groups excluding carboxylic acids is 1. The predicted molar refractivity (Wildman–Crippen MR) is 64.1 cm³/mol. The number of carbonyl (C=O) groups is 1. The van der Waals surface area contributed by atoms with Crippen molar-refractivity contribution in [3.05, 3.63) is 22.9 Å². The molecule has 1 amide bonds. The molecule has 4 nitrogen and oxygen atoms in total. The third-order valence-electron chi connectivity index (χ3n) is 2.59. The summed E-state index contributed by atoms with van der Waals surface area (Å²) < 4.78 is 6.01. The largest absolute Gasteiger partial charge is 0.378 e. The molecule has 1 N–H and O–H groups in total. The van der Waals surface area contributed by atoms with Crippen molar-refractivity contribution in [3.63, 3.8) is 0 Å². The first-order valence-electron chi connectivity index (χ1n) is 5.20. The fourth-order valence-corrected chi connectivity index (χ4v) is 2.06. The number of pyridine rings is 1. The summed E-state index contributed by atoms with van der Waals surface area (Å²) in [4.78, 5) is 15.9. The normalized spacial score (nSPS) is 24.4. The molecule has 1 aromatic rings. The van der Waals surface area contributed by atoms with Gasteiger partial charge in [-0.25, -0.2) is 4.98 Å². The summed E-state index contributed by atoms with van der Waals surface area (Å²) >= 11 is 3.29. The maximum atomic E-state index is 11.9. The maximum Gasteiger partial charge on any atom is 0.229 e. The summed E-state index contributed by atoms with van der Waals surface area (Å²) in [6, 6.07) is 3.60. The van der Waals surface area contributed by atoms with Gasteiger partial charge in [0, 0.05) is 6.20 Å². The molecule has 2 atom stereocenters. The van der Waals surface area contributed by atoms with E-state index in [9.17, 15) is 4.79 Å². The highest BCUT2D eigenvalue weighted by molar-refractivity contribution is 9.10. The van der Waals surface area contributed by atoms with Crippen molar-refractivity contribution in [1.82, 2.24) is 4.98 Å². The number of anilines is 1. The lowest BCUT2D eigenvalue weighted by atomic mass is 10.1. The van der Waals surface area contributed by atoms with Crippen LogP contribution in [0.25, 0.3) is 0 Å². The molecule has 0 spiro atoms. The van der Waals surface area contributed by atoms with Crippen molar-refractivity contribution in [2.45, 2.75) is 19.4 Å². The number of nitrogens with zero attached hydrogens (tertiary/aromatic N) is 1. The van der Waals surface area contributed by atoms with E-state index < -0.39 is 0 Å². The highest BCUT2D eigenvalue weighted by Gasteiger charge is 2.28. The van der Waals surface area contributed by atoms with Gasteiger partial charge >= 0.3 is 0 Å². The van der Waals surface area contributed by atoms with Crippen molar-refractivity contribution < 1.29 is 9.53 Å². The fourth-order valence-electron chi connectivity index (χ4n) is 1.71. The zero-order valence-corrected chi connectivity index (χ0v) is 10.5. The van der Waals surface area contributed by atoms with Crippen molar-refractivity contribution >= 4 is 27.5 Å². The predicted octanol–water partition coefficient (Wildman–Crippen LogP) is 2.21. The van der Waals surface area contributed by atoms with Crippen molar-refractivity contribution in [1.29, 1.82) is 0 Å². The number of amides is 1. The average molecular weight is 285 g/mol. The van der Waals surface area contributed by atoms with Crippen molar-refractivity contribution in [2.24, 2.45) is 5.92 Å². The SMILES string of the molecule is CC1CC(C(=O)Nc2cccnc2Br)CO1. The van der Waals surface area contributed by atoms with Crippen LogP contribution in [0.5, 0.6) is 0 Å². The van der Waals surface area contributed by atoms with Gasteiger partial charge in [0.15, 0.2) is 0 Å². The Morgan fingerprint density at radius 1 is 1.69 bits per heavy atom. The number of hydrogen-bond donors (Lipinski definition) is 1. The van der Waals surface area contributed by atoms with Crippen molar-refractivity contribution in [2.75, 3.05) is 11.9 Å². The Morgan fingerprint density at radius 2 is 2.50 bits per heavy atom. The summed E-state index contributed by atoms with van der Waals surface area (Å²) in [5.41, 5.74) is 0.701. The van der Waals surface area contributed by atoms with E-state index in [0.717, 1.165) is 6.42 Å². The Hall–Kier alpha value is -0.940.